The van der Waals surface area contributed by atoms with Crippen molar-refractivity contribution in [3.63, 3.8) is 0 Å². The van der Waals surface area contributed by atoms with Crippen molar-refractivity contribution >= 4 is 13.7 Å². The normalized spacial score (nSPS) is 15.3. The number of aliphatic hydroxyl groups is 1. The van der Waals surface area contributed by atoms with Gasteiger partial charge in [-0.05, 0) is 83.5 Å². The molecule has 0 aromatic rings. The average molecular weight is 881 g/mol. The fraction of sp³-hybridized carbons (Fsp3) is 0.604. The van der Waals surface area contributed by atoms with Gasteiger partial charge in [0.2, 0.25) is 5.91 Å². The number of unbranched alkanes of at least 4 members (excludes halogenated alkanes) is 10. The number of rotatable bonds is 41. The second-order valence-corrected chi connectivity index (χ2v) is 18.1. The summed E-state index contributed by atoms with van der Waals surface area (Å²) in [6.45, 7) is 4.44. The number of phosphoric acid groups is 1. The molecule has 0 heterocycles. The number of allylic oxidation sites excluding steroid dienone is 19. The van der Waals surface area contributed by atoms with Crippen LogP contribution in [0.2, 0.25) is 0 Å². The average Bonchev–Trinajstić information content (AvgIpc) is 3.23. The minimum atomic E-state index is -4.61. The van der Waals surface area contributed by atoms with Crippen LogP contribution in [-0.2, 0) is 18.4 Å². The van der Waals surface area contributed by atoms with E-state index in [1.165, 1.54) is 44.9 Å². The topological polar surface area (TPSA) is 108 Å². The summed E-state index contributed by atoms with van der Waals surface area (Å²) in [5, 5.41) is 13.7. The van der Waals surface area contributed by atoms with Crippen LogP contribution in [0.15, 0.2) is 122 Å². The van der Waals surface area contributed by atoms with Crippen molar-refractivity contribution in [1.29, 1.82) is 0 Å². The van der Waals surface area contributed by atoms with Crippen LogP contribution in [0.1, 0.15) is 155 Å². The summed E-state index contributed by atoms with van der Waals surface area (Å²) in [7, 11) is 1.20. The van der Waals surface area contributed by atoms with Crippen LogP contribution in [0.25, 0.3) is 0 Å². The van der Waals surface area contributed by atoms with Crippen molar-refractivity contribution < 1.29 is 32.9 Å². The molecule has 2 N–H and O–H groups in total. The molecule has 0 aliphatic heterocycles. The highest BCUT2D eigenvalue weighted by atomic mass is 31.2. The summed E-state index contributed by atoms with van der Waals surface area (Å²) in [6.07, 6.45) is 64.1. The molecule has 0 radical (unpaired) electrons. The SMILES string of the molecule is CC/C=C\C/C=C\C/C=C\C/C=C\C/C=C\C/C=C\C/C=C\C/C=C\C/C=C\CCCC(=O)NC(COP(=O)([O-])OCC[N+](C)(C)C)C(O)/C=C/CCCCCCCCCCC. The molecular weight excluding hydrogens is 792 g/mol. The van der Waals surface area contributed by atoms with E-state index in [0.29, 0.717) is 17.4 Å². The van der Waals surface area contributed by atoms with E-state index in [-0.39, 0.29) is 18.9 Å². The predicted molar refractivity (Wildman–Crippen MR) is 265 cm³/mol. The van der Waals surface area contributed by atoms with Gasteiger partial charge in [0.05, 0.1) is 39.9 Å². The number of nitrogens with one attached hydrogen (secondary N) is 1. The van der Waals surface area contributed by atoms with E-state index in [0.717, 1.165) is 83.5 Å². The van der Waals surface area contributed by atoms with Crippen molar-refractivity contribution in [1.82, 2.24) is 5.32 Å². The lowest BCUT2D eigenvalue weighted by Crippen LogP contribution is -2.45. The van der Waals surface area contributed by atoms with E-state index < -0.39 is 26.6 Å². The van der Waals surface area contributed by atoms with Crippen molar-refractivity contribution in [3.05, 3.63) is 122 Å². The predicted octanol–water partition coefficient (Wildman–Crippen LogP) is 13.2. The Labute approximate surface area is 380 Å². The molecule has 0 rings (SSSR count). The number of phosphoric ester groups is 1. The molecule has 62 heavy (non-hydrogen) atoms. The Hall–Kier alpha value is -3.10. The first kappa shape index (κ1) is 58.9. The molecule has 1 amide bonds. The Morgan fingerprint density at radius 3 is 1.42 bits per heavy atom. The Morgan fingerprint density at radius 1 is 0.581 bits per heavy atom. The zero-order valence-corrected chi connectivity index (χ0v) is 40.7. The Bertz CT molecular complexity index is 1410. The van der Waals surface area contributed by atoms with Gasteiger partial charge < -0.3 is 28.8 Å². The van der Waals surface area contributed by atoms with Crippen LogP contribution in [0.4, 0.5) is 0 Å². The summed E-state index contributed by atoms with van der Waals surface area (Å²) in [5.74, 6) is -0.263. The van der Waals surface area contributed by atoms with Crippen molar-refractivity contribution in [2.45, 2.75) is 167 Å². The fourth-order valence-electron chi connectivity index (χ4n) is 5.92. The maximum absolute atomic E-state index is 12.8. The standard InChI is InChI=1S/C53H89N2O6P/c1-6-8-10-12-14-16-18-19-20-21-22-23-24-25-26-27-28-29-30-31-32-33-34-35-37-39-41-43-45-47-53(57)54-51(50-61-62(58,59)60-49-48-55(3,4)5)52(56)46-44-42-40-38-36-17-15-13-11-9-7-2/h8,10,14,16,19-20,22-23,25-26,28-29,31-32,34-35,39,41,44,46,51-52,56H,6-7,9,11-13,15,17-18,21,24,27,30,33,36-38,40,42-43,45,47-50H2,1-5H3,(H-,54,57,58,59)/b10-8-,16-14-,20-19-,23-22-,26-25-,29-28-,32-31-,35-34-,41-39-,46-44+. The molecule has 0 saturated carbocycles. The lowest BCUT2D eigenvalue weighted by atomic mass is 10.1. The number of hydrogen-bond acceptors (Lipinski definition) is 6. The largest absolute Gasteiger partial charge is 0.756 e. The third-order valence-corrected chi connectivity index (χ3v) is 10.6. The number of nitrogens with zero attached hydrogens (tertiary/aromatic N) is 1. The Morgan fingerprint density at radius 2 is 0.984 bits per heavy atom. The number of carbonyl (C=O) groups excluding carboxylic acids is 1. The van der Waals surface area contributed by atoms with Gasteiger partial charge in [0.15, 0.2) is 0 Å². The van der Waals surface area contributed by atoms with E-state index in [1.807, 2.05) is 27.2 Å². The van der Waals surface area contributed by atoms with Crippen LogP contribution >= 0.6 is 7.82 Å². The van der Waals surface area contributed by atoms with E-state index in [2.05, 4.69) is 129 Å². The van der Waals surface area contributed by atoms with E-state index in [1.54, 1.807) is 6.08 Å². The second kappa shape index (κ2) is 43.2. The van der Waals surface area contributed by atoms with Gasteiger partial charge in [0, 0.05) is 6.42 Å². The van der Waals surface area contributed by atoms with E-state index in [4.69, 9.17) is 9.05 Å². The first-order valence-corrected chi connectivity index (χ1v) is 25.4. The molecule has 0 aromatic carbocycles. The molecule has 0 aromatic heterocycles. The van der Waals surface area contributed by atoms with Crippen molar-refractivity contribution in [2.24, 2.45) is 0 Å². The minimum absolute atomic E-state index is 0.0193. The van der Waals surface area contributed by atoms with Crippen molar-refractivity contribution in [2.75, 3.05) is 40.9 Å². The summed E-state index contributed by atoms with van der Waals surface area (Å²) in [6, 6.07) is -0.925. The summed E-state index contributed by atoms with van der Waals surface area (Å²) >= 11 is 0. The lowest BCUT2D eigenvalue weighted by molar-refractivity contribution is -0.870. The van der Waals surface area contributed by atoms with E-state index in [9.17, 15) is 19.4 Å². The van der Waals surface area contributed by atoms with Gasteiger partial charge in [-0.1, -0.05) is 187 Å². The molecule has 0 spiro atoms. The van der Waals surface area contributed by atoms with Gasteiger partial charge in [-0.3, -0.25) is 9.36 Å². The molecule has 0 aliphatic carbocycles. The van der Waals surface area contributed by atoms with E-state index >= 15 is 0 Å². The number of quaternary nitrogens is 1. The maximum atomic E-state index is 12.8. The molecule has 0 bridgehead atoms. The molecular formula is C53H89N2O6P. The number of amides is 1. The highest BCUT2D eigenvalue weighted by Crippen LogP contribution is 2.38. The third kappa shape index (κ3) is 44.9. The highest BCUT2D eigenvalue weighted by Gasteiger charge is 2.23. The van der Waals surface area contributed by atoms with Crippen LogP contribution in [-0.4, -0.2) is 68.5 Å². The van der Waals surface area contributed by atoms with Crippen LogP contribution in [0, 0.1) is 0 Å². The lowest BCUT2D eigenvalue weighted by Gasteiger charge is -2.29. The molecule has 352 valence electrons. The van der Waals surface area contributed by atoms with Crippen LogP contribution < -0.4 is 10.2 Å². The van der Waals surface area contributed by atoms with Gasteiger partial charge in [0.25, 0.3) is 7.82 Å². The summed E-state index contributed by atoms with van der Waals surface area (Å²) < 4.78 is 23.1. The van der Waals surface area contributed by atoms with Crippen LogP contribution in [0.5, 0.6) is 0 Å². The minimum Gasteiger partial charge on any atom is -0.756 e. The first-order valence-electron chi connectivity index (χ1n) is 23.9. The fourth-order valence-corrected chi connectivity index (χ4v) is 6.64. The molecule has 9 heteroatoms. The Kier molecular flexibility index (Phi) is 41.0. The Balaban J connectivity index is 4.41. The summed E-state index contributed by atoms with van der Waals surface area (Å²) in [5.41, 5.74) is 0. The maximum Gasteiger partial charge on any atom is 0.268 e. The zero-order chi connectivity index (χ0) is 45.7. The molecule has 3 unspecified atom stereocenters. The molecule has 0 aliphatic rings. The monoisotopic (exact) mass is 881 g/mol. The number of carbonyl (C=O) groups is 1. The molecule has 8 nitrogen and oxygen atoms in total. The van der Waals surface area contributed by atoms with Gasteiger partial charge in [0.1, 0.15) is 13.2 Å². The smallest absolute Gasteiger partial charge is 0.268 e. The number of aliphatic hydroxyl groups excluding tert-OH is 1. The van der Waals surface area contributed by atoms with Crippen LogP contribution in [0.3, 0.4) is 0 Å². The third-order valence-electron chi connectivity index (χ3n) is 9.68. The summed E-state index contributed by atoms with van der Waals surface area (Å²) in [4.78, 5) is 25.3. The highest BCUT2D eigenvalue weighted by molar-refractivity contribution is 7.45. The quantitative estimate of drug-likeness (QED) is 0.0274. The van der Waals surface area contributed by atoms with Gasteiger partial charge in [-0.15, -0.1) is 0 Å². The zero-order valence-electron chi connectivity index (χ0n) is 39.8. The number of hydrogen-bond donors (Lipinski definition) is 2. The van der Waals surface area contributed by atoms with Gasteiger partial charge in [-0.2, -0.15) is 0 Å². The molecule has 3 atom stereocenters. The first-order chi connectivity index (χ1) is 30.0. The van der Waals surface area contributed by atoms with Gasteiger partial charge in [-0.25, -0.2) is 0 Å². The molecule has 0 fully saturated rings. The van der Waals surface area contributed by atoms with Gasteiger partial charge >= 0.3 is 0 Å². The second-order valence-electron chi connectivity index (χ2n) is 16.7. The van der Waals surface area contributed by atoms with Crippen molar-refractivity contribution in [3.8, 4) is 0 Å². The number of likely N-dealkylation sites (N-methyl/N-ethyl adjacent to an activating group) is 1. The molecule has 0 saturated heterocycles.